The molecule has 0 aromatic heterocycles. The van der Waals surface area contributed by atoms with Crippen LogP contribution in [-0.4, -0.2) is 19.0 Å². The molecule has 0 amide bonds. The molecule has 0 N–H and O–H groups in total. The molecule has 1 saturated heterocycles. The van der Waals surface area contributed by atoms with Crippen molar-refractivity contribution in [3.63, 3.8) is 0 Å². The molecule has 3 atom stereocenters. The first-order valence-corrected chi connectivity index (χ1v) is 4.22. The van der Waals surface area contributed by atoms with Crippen molar-refractivity contribution in [3.8, 4) is 0 Å². The van der Waals surface area contributed by atoms with E-state index in [9.17, 15) is 0 Å². The highest BCUT2D eigenvalue weighted by molar-refractivity contribution is 5.10. The van der Waals surface area contributed by atoms with Crippen LogP contribution in [-0.2, 0) is 9.47 Å². The number of rotatable bonds is 0. The van der Waals surface area contributed by atoms with Crippen molar-refractivity contribution < 1.29 is 9.47 Å². The summed E-state index contributed by atoms with van der Waals surface area (Å²) in [4.78, 5) is 0. The van der Waals surface area contributed by atoms with Gasteiger partial charge in [-0.3, -0.25) is 0 Å². The summed E-state index contributed by atoms with van der Waals surface area (Å²) in [5.41, 5.74) is 1.31. The number of hydrogen-bond acceptors (Lipinski definition) is 2. The van der Waals surface area contributed by atoms with Gasteiger partial charge in [0.1, 0.15) is 0 Å². The summed E-state index contributed by atoms with van der Waals surface area (Å²) in [5, 5.41) is 0. The minimum absolute atomic E-state index is 0.0119. The maximum Gasteiger partial charge on any atom is 0.155 e. The lowest BCUT2D eigenvalue weighted by molar-refractivity contribution is -0.214. The second-order valence-electron chi connectivity index (χ2n) is 3.38. The van der Waals surface area contributed by atoms with E-state index in [-0.39, 0.29) is 6.29 Å². The fourth-order valence-corrected chi connectivity index (χ4v) is 1.89. The molecule has 2 fully saturated rings. The summed E-state index contributed by atoms with van der Waals surface area (Å²) < 4.78 is 11.0. The summed E-state index contributed by atoms with van der Waals surface area (Å²) in [5.74, 6) is 0.478. The first-order valence-electron chi connectivity index (χ1n) is 4.22. The van der Waals surface area contributed by atoms with Gasteiger partial charge in [-0.1, -0.05) is 12.2 Å². The smallest absolute Gasteiger partial charge is 0.155 e. The van der Waals surface area contributed by atoms with E-state index in [1.54, 1.807) is 0 Å². The Labute approximate surface area is 67.2 Å². The summed E-state index contributed by atoms with van der Waals surface area (Å²) in [7, 11) is 0. The summed E-state index contributed by atoms with van der Waals surface area (Å²) in [6, 6.07) is 0. The van der Waals surface area contributed by atoms with Crippen LogP contribution in [0.15, 0.2) is 12.2 Å². The predicted octanol–water partition coefficient (Wildman–Crippen LogP) is 1.71. The Kier molecular flexibility index (Phi) is 1.74. The minimum Gasteiger partial charge on any atom is -0.352 e. The van der Waals surface area contributed by atoms with E-state index in [1.807, 2.05) is 6.92 Å². The first kappa shape index (κ1) is 7.32. The fraction of sp³-hybridized carbons (Fsp3) is 0.778. The van der Waals surface area contributed by atoms with Gasteiger partial charge in [-0.05, 0) is 19.8 Å². The van der Waals surface area contributed by atoms with Crippen LogP contribution in [0.2, 0.25) is 0 Å². The van der Waals surface area contributed by atoms with Crippen LogP contribution in [0.5, 0.6) is 0 Å². The highest BCUT2D eigenvalue weighted by Gasteiger charge is 2.36. The molecule has 1 aliphatic heterocycles. The molecule has 1 heterocycles. The highest BCUT2D eigenvalue weighted by Crippen LogP contribution is 2.36. The molecule has 0 radical (unpaired) electrons. The number of fused-ring (bicyclic) bond motifs is 1. The van der Waals surface area contributed by atoms with Crippen molar-refractivity contribution in [1.29, 1.82) is 0 Å². The van der Waals surface area contributed by atoms with Crippen LogP contribution in [0.4, 0.5) is 0 Å². The van der Waals surface area contributed by atoms with Crippen molar-refractivity contribution in [2.45, 2.75) is 32.2 Å². The van der Waals surface area contributed by atoms with E-state index in [1.165, 1.54) is 5.57 Å². The van der Waals surface area contributed by atoms with E-state index in [2.05, 4.69) is 6.58 Å². The standard InChI is InChI=1S/C9H14O2/c1-6-3-4-9-8(6)5-10-7(2)11-9/h7-9H,1,3-5H2,2H3. The Morgan fingerprint density at radius 1 is 1.55 bits per heavy atom. The summed E-state index contributed by atoms with van der Waals surface area (Å²) >= 11 is 0. The molecule has 62 valence electrons. The molecule has 0 bridgehead atoms. The van der Waals surface area contributed by atoms with Gasteiger partial charge in [-0.25, -0.2) is 0 Å². The van der Waals surface area contributed by atoms with Crippen molar-refractivity contribution in [2.75, 3.05) is 6.61 Å². The van der Waals surface area contributed by atoms with Gasteiger partial charge in [-0.2, -0.15) is 0 Å². The Balaban J connectivity index is 2.06. The van der Waals surface area contributed by atoms with Crippen LogP contribution in [0.1, 0.15) is 19.8 Å². The van der Waals surface area contributed by atoms with E-state index in [0.717, 1.165) is 19.4 Å². The van der Waals surface area contributed by atoms with Crippen LogP contribution >= 0.6 is 0 Å². The second kappa shape index (κ2) is 2.61. The van der Waals surface area contributed by atoms with Crippen LogP contribution < -0.4 is 0 Å². The van der Waals surface area contributed by atoms with Crippen molar-refractivity contribution in [1.82, 2.24) is 0 Å². The summed E-state index contributed by atoms with van der Waals surface area (Å²) in [6.45, 7) is 6.77. The maximum atomic E-state index is 5.60. The van der Waals surface area contributed by atoms with Gasteiger partial charge in [0.05, 0.1) is 12.7 Å². The van der Waals surface area contributed by atoms with Gasteiger partial charge in [0, 0.05) is 5.92 Å². The highest BCUT2D eigenvalue weighted by atomic mass is 16.7. The van der Waals surface area contributed by atoms with Gasteiger partial charge in [0.15, 0.2) is 6.29 Å². The number of hydrogen-bond donors (Lipinski definition) is 0. The van der Waals surface area contributed by atoms with Crippen molar-refractivity contribution in [3.05, 3.63) is 12.2 Å². The van der Waals surface area contributed by atoms with E-state index < -0.39 is 0 Å². The molecule has 0 aromatic rings. The van der Waals surface area contributed by atoms with Crippen LogP contribution in [0, 0.1) is 5.92 Å². The lowest BCUT2D eigenvalue weighted by Crippen LogP contribution is -2.35. The largest absolute Gasteiger partial charge is 0.352 e. The van der Waals surface area contributed by atoms with Gasteiger partial charge >= 0.3 is 0 Å². The third kappa shape index (κ3) is 1.21. The monoisotopic (exact) mass is 154 g/mol. The molecule has 2 nitrogen and oxygen atoms in total. The molecule has 1 aliphatic carbocycles. The normalized spacial score (nSPS) is 44.1. The van der Waals surface area contributed by atoms with Gasteiger partial charge in [0.25, 0.3) is 0 Å². The van der Waals surface area contributed by atoms with E-state index >= 15 is 0 Å². The number of ether oxygens (including phenoxy) is 2. The molecule has 2 heteroatoms. The second-order valence-corrected chi connectivity index (χ2v) is 3.38. The zero-order valence-electron chi connectivity index (χ0n) is 6.88. The average molecular weight is 154 g/mol. The molecule has 11 heavy (non-hydrogen) atoms. The third-order valence-corrected chi connectivity index (χ3v) is 2.60. The molecule has 0 aromatic carbocycles. The third-order valence-electron chi connectivity index (χ3n) is 2.60. The molecule has 2 aliphatic rings. The topological polar surface area (TPSA) is 18.5 Å². The predicted molar refractivity (Wildman–Crippen MR) is 42.2 cm³/mol. The lowest BCUT2D eigenvalue weighted by atomic mass is 10.0. The Morgan fingerprint density at radius 2 is 2.36 bits per heavy atom. The van der Waals surface area contributed by atoms with Gasteiger partial charge in [-0.15, -0.1) is 0 Å². The molecular formula is C9H14O2. The molecular weight excluding hydrogens is 140 g/mol. The Bertz CT molecular complexity index is 176. The van der Waals surface area contributed by atoms with Crippen LogP contribution in [0.25, 0.3) is 0 Å². The quantitative estimate of drug-likeness (QED) is 0.494. The average Bonchev–Trinajstić information content (AvgIpc) is 2.32. The Hall–Kier alpha value is -0.340. The lowest BCUT2D eigenvalue weighted by Gasteiger charge is -2.30. The van der Waals surface area contributed by atoms with Gasteiger partial charge < -0.3 is 9.47 Å². The first-order chi connectivity index (χ1) is 5.27. The SMILES string of the molecule is C=C1CCC2OC(C)OCC12. The summed E-state index contributed by atoms with van der Waals surface area (Å²) in [6.07, 6.45) is 2.64. The molecule has 1 saturated carbocycles. The van der Waals surface area contributed by atoms with Crippen LogP contribution in [0.3, 0.4) is 0 Å². The molecule has 2 rings (SSSR count). The maximum absolute atomic E-state index is 5.60. The molecule has 0 spiro atoms. The van der Waals surface area contributed by atoms with E-state index in [4.69, 9.17) is 9.47 Å². The fourth-order valence-electron chi connectivity index (χ4n) is 1.89. The zero-order valence-corrected chi connectivity index (χ0v) is 6.88. The molecule has 3 unspecified atom stereocenters. The minimum atomic E-state index is -0.0119. The van der Waals surface area contributed by atoms with Gasteiger partial charge in [0.2, 0.25) is 0 Å². The van der Waals surface area contributed by atoms with E-state index in [0.29, 0.717) is 12.0 Å². The van der Waals surface area contributed by atoms with Crippen molar-refractivity contribution in [2.24, 2.45) is 5.92 Å². The Morgan fingerprint density at radius 3 is 3.18 bits per heavy atom. The zero-order chi connectivity index (χ0) is 7.84. The van der Waals surface area contributed by atoms with Crippen molar-refractivity contribution >= 4 is 0 Å².